The summed E-state index contributed by atoms with van der Waals surface area (Å²) < 4.78 is 11.5. The van der Waals surface area contributed by atoms with Gasteiger partial charge in [-0.25, -0.2) is 0 Å². The van der Waals surface area contributed by atoms with Crippen LogP contribution in [0.25, 0.3) is 0 Å². The molecule has 1 fully saturated rings. The number of rotatable bonds is 4. The lowest BCUT2D eigenvalue weighted by Gasteiger charge is -2.24. The van der Waals surface area contributed by atoms with Crippen LogP contribution < -0.4 is 0 Å². The molecule has 2 nitrogen and oxygen atoms in total. The fraction of sp³-hybridized carbons (Fsp3) is 1.00. The first kappa shape index (κ1) is 9.23. The van der Waals surface area contributed by atoms with Crippen LogP contribution in [0.4, 0.5) is 0 Å². The van der Waals surface area contributed by atoms with Crippen LogP contribution in [0, 0.1) is 0 Å². The van der Waals surface area contributed by atoms with Crippen molar-refractivity contribution in [3.63, 3.8) is 0 Å². The average Bonchev–Trinajstić information content (AvgIpc) is 2.39. The maximum Gasteiger partial charge on any atom is 0.338 e. The highest BCUT2D eigenvalue weighted by Gasteiger charge is 2.40. The summed E-state index contributed by atoms with van der Waals surface area (Å²) in [5.41, 5.74) is 0. The van der Waals surface area contributed by atoms with Gasteiger partial charge in [-0.15, -0.1) is 0 Å². The predicted octanol–water partition coefficient (Wildman–Crippen LogP) is 2.30. The Labute approximate surface area is 70.1 Å². The van der Waals surface area contributed by atoms with Crippen molar-refractivity contribution >= 4 is 8.56 Å². The largest absolute Gasteiger partial charge is 0.394 e. The summed E-state index contributed by atoms with van der Waals surface area (Å²) in [4.78, 5) is 0. The maximum atomic E-state index is 5.75. The quantitative estimate of drug-likeness (QED) is 0.609. The first-order valence-corrected chi connectivity index (χ1v) is 6.84. The standard InChI is InChI=1S/C8H18O2Si/c1-3-9-11(10-4-2)7-5-6-8-11/h3-8H2,1-2H3. The van der Waals surface area contributed by atoms with Crippen molar-refractivity contribution in [2.45, 2.75) is 38.8 Å². The molecule has 0 bridgehead atoms. The van der Waals surface area contributed by atoms with E-state index in [-0.39, 0.29) is 0 Å². The van der Waals surface area contributed by atoms with E-state index in [1.54, 1.807) is 0 Å². The highest BCUT2D eigenvalue weighted by atomic mass is 28.4. The van der Waals surface area contributed by atoms with E-state index in [0.717, 1.165) is 13.2 Å². The van der Waals surface area contributed by atoms with Crippen LogP contribution in [-0.4, -0.2) is 21.8 Å². The molecule has 0 aromatic carbocycles. The van der Waals surface area contributed by atoms with Gasteiger partial charge < -0.3 is 8.85 Å². The van der Waals surface area contributed by atoms with Gasteiger partial charge in [0.05, 0.1) is 0 Å². The molecule has 0 radical (unpaired) electrons. The average molecular weight is 174 g/mol. The van der Waals surface area contributed by atoms with Crippen molar-refractivity contribution in [1.82, 2.24) is 0 Å². The lowest BCUT2D eigenvalue weighted by atomic mass is 10.4. The second kappa shape index (κ2) is 4.23. The lowest BCUT2D eigenvalue weighted by molar-refractivity contribution is 0.188. The topological polar surface area (TPSA) is 18.5 Å². The smallest absolute Gasteiger partial charge is 0.338 e. The molecular formula is C8H18O2Si. The van der Waals surface area contributed by atoms with Crippen molar-refractivity contribution in [2.75, 3.05) is 13.2 Å². The Balaban J connectivity index is 2.40. The molecule has 0 amide bonds. The summed E-state index contributed by atoms with van der Waals surface area (Å²) >= 11 is 0. The Morgan fingerprint density at radius 1 is 1.00 bits per heavy atom. The van der Waals surface area contributed by atoms with Gasteiger partial charge in [-0.3, -0.25) is 0 Å². The van der Waals surface area contributed by atoms with Gasteiger partial charge in [0.15, 0.2) is 0 Å². The van der Waals surface area contributed by atoms with Gasteiger partial charge in [-0.05, 0) is 25.9 Å². The summed E-state index contributed by atoms with van der Waals surface area (Å²) in [6, 6.07) is 2.43. The van der Waals surface area contributed by atoms with Crippen LogP contribution in [0.1, 0.15) is 26.7 Å². The van der Waals surface area contributed by atoms with Gasteiger partial charge in [0.2, 0.25) is 0 Å². The molecule has 0 aromatic rings. The zero-order valence-corrected chi connectivity index (χ0v) is 8.56. The Kier molecular flexibility index (Phi) is 3.55. The molecule has 0 saturated carbocycles. The predicted molar refractivity (Wildman–Crippen MR) is 47.9 cm³/mol. The molecule has 0 unspecified atom stereocenters. The number of hydrogen-bond acceptors (Lipinski definition) is 2. The van der Waals surface area contributed by atoms with Crippen molar-refractivity contribution in [3.05, 3.63) is 0 Å². The Morgan fingerprint density at radius 3 is 1.82 bits per heavy atom. The van der Waals surface area contributed by atoms with E-state index < -0.39 is 8.56 Å². The van der Waals surface area contributed by atoms with Gasteiger partial charge in [-0.1, -0.05) is 12.8 Å². The van der Waals surface area contributed by atoms with Crippen molar-refractivity contribution in [2.24, 2.45) is 0 Å². The zero-order chi connectivity index (χ0) is 8.16. The summed E-state index contributed by atoms with van der Waals surface area (Å²) in [5, 5.41) is 0. The van der Waals surface area contributed by atoms with Crippen LogP contribution in [0.15, 0.2) is 0 Å². The fourth-order valence-electron chi connectivity index (χ4n) is 1.77. The van der Waals surface area contributed by atoms with Crippen molar-refractivity contribution in [1.29, 1.82) is 0 Å². The molecule has 1 aliphatic rings. The van der Waals surface area contributed by atoms with E-state index in [9.17, 15) is 0 Å². The molecule has 0 spiro atoms. The Bertz CT molecular complexity index is 103. The van der Waals surface area contributed by atoms with Gasteiger partial charge in [-0.2, -0.15) is 0 Å². The van der Waals surface area contributed by atoms with Crippen LogP contribution in [0.5, 0.6) is 0 Å². The molecule has 66 valence electrons. The number of hydrogen-bond donors (Lipinski definition) is 0. The summed E-state index contributed by atoms with van der Waals surface area (Å²) in [6.45, 7) is 5.77. The van der Waals surface area contributed by atoms with Gasteiger partial charge in [0.25, 0.3) is 0 Å². The molecule has 0 N–H and O–H groups in total. The first-order chi connectivity index (χ1) is 5.33. The van der Waals surface area contributed by atoms with Gasteiger partial charge in [0.1, 0.15) is 0 Å². The molecule has 0 atom stereocenters. The SMILES string of the molecule is CCO[Si]1(OCC)CCCC1. The third-order valence-electron chi connectivity index (χ3n) is 2.18. The summed E-state index contributed by atoms with van der Waals surface area (Å²) in [5.74, 6) is 0. The molecule has 1 saturated heterocycles. The lowest BCUT2D eigenvalue weighted by Crippen LogP contribution is -2.38. The Morgan fingerprint density at radius 2 is 1.45 bits per heavy atom. The van der Waals surface area contributed by atoms with E-state index in [1.165, 1.54) is 24.9 Å². The van der Waals surface area contributed by atoms with E-state index >= 15 is 0 Å². The molecule has 0 aromatic heterocycles. The normalized spacial score (nSPS) is 22.4. The Hall–Kier alpha value is 0.137. The van der Waals surface area contributed by atoms with E-state index in [4.69, 9.17) is 8.85 Å². The van der Waals surface area contributed by atoms with Gasteiger partial charge >= 0.3 is 8.56 Å². The first-order valence-electron chi connectivity index (χ1n) is 4.61. The molecule has 1 aliphatic heterocycles. The molecule has 0 aliphatic carbocycles. The zero-order valence-electron chi connectivity index (χ0n) is 7.56. The van der Waals surface area contributed by atoms with Crippen molar-refractivity contribution in [3.8, 4) is 0 Å². The second-order valence-electron chi connectivity index (χ2n) is 2.98. The third kappa shape index (κ3) is 2.29. The molecule has 11 heavy (non-hydrogen) atoms. The minimum atomic E-state index is -1.63. The summed E-state index contributed by atoms with van der Waals surface area (Å²) in [7, 11) is -1.63. The third-order valence-corrected chi connectivity index (χ3v) is 6.04. The second-order valence-corrected chi connectivity index (χ2v) is 6.38. The van der Waals surface area contributed by atoms with Crippen molar-refractivity contribution < 1.29 is 8.85 Å². The highest BCUT2D eigenvalue weighted by molar-refractivity contribution is 6.68. The van der Waals surface area contributed by atoms with E-state index in [2.05, 4.69) is 13.8 Å². The monoisotopic (exact) mass is 174 g/mol. The van der Waals surface area contributed by atoms with Crippen LogP contribution in [0.2, 0.25) is 12.1 Å². The molecule has 1 rings (SSSR count). The molecular weight excluding hydrogens is 156 g/mol. The fourth-order valence-corrected chi connectivity index (χ4v) is 5.31. The summed E-state index contributed by atoms with van der Waals surface area (Å²) in [6.07, 6.45) is 2.62. The molecule has 3 heteroatoms. The highest BCUT2D eigenvalue weighted by Crippen LogP contribution is 2.31. The van der Waals surface area contributed by atoms with Crippen LogP contribution in [-0.2, 0) is 8.85 Å². The maximum absolute atomic E-state index is 5.75. The van der Waals surface area contributed by atoms with E-state index in [1.807, 2.05) is 0 Å². The van der Waals surface area contributed by atoms with Crippen LogP contribution in [0.3, 0.4) is 0 Å². The minimum absolute atomic E-state index is 0.826. The van der Waals surface area contributed by atoms with Crippen LogP contribution >= 0.6 is 0 Å². The minimum Gasteiger partial charge on any atom is -0.394 e. The van der Waals surface area contributed by atoms with Gasteiger partial charge in [0, 0.05) is 13.2 Å². The van der Waals surface area contributed by atoms with E-state index in [0.29, 0.717) is 0 Å². The molecule has 1 heterocycles.